The summed E-state index contributed by atoms with van der Waals surface area (Å²) in [6.07, 6.45) is 1.94. The average Bonchev–Trinajstić information content (AvgIpc) is 2.62. The van der Waals surface area contributed by atoms with E-state index in [1.807, 2.05) is 0 Å². The number of sulfonamides is 1. The molecule has 1 aliphatic heterocycles. The van der Waals surface area contributed by atoms with E-state index in [4.69, 9.17) is 11.6 Å². The van der Waals surface area contributed by atoms with Gasteiger partial charge in [0.15, 0.2) is 0 Å². The Balaban J connectivity index is 1.73. The summed E-state index contributed by atoms with van der Waals surface area (Å²) in [5, 5.41) is 3.23. The van der Waals surface area contributed by atoms with Crippen molar-refractivity contribution in [2.45, 2.75) is 24.7 Å². The van der Waals surface area contributed by atoms with Crippen LogP contribution >= 0.6 is 11.6 Å². The van der Waals surface area contributed by atoms with E-state index in [2.05, 4.69) is 12.2 Å². The van der Waals surface area contributed by atoms with Crippen LogP contribution < -0.4 is 5.32 Å². The lowest BCUT2D eigenvalue weighted by atomic mass is 10.0. The summed E-state index contributed by atoms with van der Waals surface area (Å²) in [5.41, 5.74) is 0.970. The van der Waals surface area contributed by atoms with Crippen molar-refractivity contribution >= 4 is 33.2 Å². The van der Waals surface area contributed by atoms with Gasteiger partial charge in [0.05, 0.1) is 4.90 Å². The summed E-state index contributed by atoms with van der Waals surface area (Å²) in [5.74, 6) is 0.0720. The van der Waals surface area contributed by atoms with E-state index in [1.165, 1.54) is 12.1 Å². The van der Waals surface area contributed by atoms with Crippen LogP contribution in [0.25, 0.3) is 0 Å². The molecule has 0 unspecified atom stereocenters. The van der Waals surface area contributed by atoms with Gasteiger partial charge in [0.25, 0.3) is 5.91 Å². The standard InChI is InChI=1S/C19H21ClN2O3S/c1-14-4-3-11-22(13-14)26(24,25)18-9-7-17(8-10-18)21-19(23)15-5-2-6-16(20)12-15/h2,5-10,12,14H,3-4,11,13H2,1H3,(H,21,23)/t14-/m1/s1. The molecule has 1 amide bonds. The molecule has 2 aromatic rings. The minimum atomic E-state index is -3.49. The van der Waals surface area contributed by atoms with E-state index in [0.717, 1.165) is 12.8 Å². The third kappa shape index (κ3) is 4.26. The lowest BCUT2D eigenvalue weighted by Gasteiger charge is -2.30. The summed E-state index contributed by atoms with van der Waals surface area (Å²) in [6.45, 7) is 3.17. The second-order valence-electron chi connectivity index (χ2n) is 6.60. The van der Waals surface area contributed by atoms with Crippen LogP contribution in [0, 0.1) is 5.92 Å². The summed E-state index contributed by atoms with van der Waals surface area (Å²) in [6, 6.07) is 12.9. The Kier molecular flexibility index (Phi) is 5.65. The first kappa shape index (κ1) is 18.9. The molecule has 26 heavy (non-hydrogen) atoms. The van der Waals surface area contributed by atoms with Crippen LogP contribution in [0.15, 0.2) is 53.4 Å². The Hall–Kier alpha value is -1.89. The van der Waals surface area contributed by atoms with Crippen LogP contribution in [-0.4, -0.2) is 31.7 Å². The molecule has 0 aromatic heterocycles. The summed E-state index contributed by atoms with van der Waals surface area (Å²) >= 11 is 5.90. The molecule has 1 fully saturated rings. The van der Waals surface area contributed by atoms with Crippen LogP contribution in [-0.2, 0) is 10.0 Å². The highest BCUT2D eigenvalue weighted by atomic mass is 35.5. The maximum Gasteiger partial charge on any atom is 0.255 e. The molecule has 3 rings (SSSR count). The van der Waals surface area contributed by atoms with Gasteiger partial charge < -0.3 is 5.32 Å². The third-order valence-electron chi connectivity index (χ3n) is 4.46. The quantitative estimate of drug-likeness (QED) is 0.854. The molecule has 0 spiro atoms. The number of halogens is 1. The van der Waals surface area contributed by atoms with E-state index >= 15 is 0 Å². The first-order chi connectivity index (χ1) is 12.4. The topological polar surface area (TPSA) is 66.5 Å². The number of amides is 1. The van der Waals surface area contributed by atoms with Crippen molar-refractivity contribution in [3.63, 3.8) is 0 Å². The summed E-state index contributed by atoms with van der Waals surface area (Å²) in [4.78, 5) is 12.5. The second kappa shape index (κ2) is 7.78. The molecule has 2 aromatic carbocycles. The van der Waals surface area contributed by atoms with Gasteiger partial charge in [0, 0.05) is 29.4 Å². The molecule has 1 saturated heterocycles. The minimum Gasteiger partial charge on any atom is -0.322 e. The van der Waals surface area contributed by atoms with E-state index in [1.54, 1.807) is 40.7 Å². The maximum atomic E-state index is 12.7. The molecule has 1 heterocycles. The number of carbonyl (C=O) groups excluding carboxylic acids is 1. The molecule has 0 saturated carbocycles. The zero-order valence-corrected chi connectivity index (χ0v) is 16.1. The van der Waals surface area contributed by atoms with Gasteiger partial charge in [-0.15, -0.1) is 0 Å². The Bertz CT molecular complexity index is 897. The van der Waals surface area contributed by atoms with Gasteiger partial charge in [-0.25, -0.2) is 8.42 Å². The predicted molar refractivity (Wildman–Crippen MR) is 103 cm³/mol. The zero-order valence-electron chi connectivity index (χ0n) is 14.5. The highest BCUT2D eigenvalue weighted by Gasteiger charge is 2.28. The number of hydrogen-bond acceptors (Lipinski definition) is 3. The molecular formula is C19H21ClN2O3S. The first-order valence-electron chi connectivity index (χ1n) is 8.53. The predicted octanol–water partition coefficient (Wildman–Crippen LogP) is 4.01. The molecule has 7 heteroatoms. The number of anilines is 1. The number of rotatable bonds is 4. The highest BCUT2D eigenvalue weighted by Crippen LogP contribution is 2.24. The lowest BCUT2D eigenvalue weighted by Crippen LogP contribution is -2.39. The van der Waals surface area contributed by atoms with Crippen molar-refractivity contribution in [1.29, 1.82) is 0 Å². The largest absolute Gasteiger partial charge is 0.322 e. The average molecular weight is 393 g/mol. The minimum absolute atomic E-state index is 0.243. The number of nitrogens with one attached hydrogen (secondary N) is 1. The van der Waals surface area contributed by atoms with E-state index in [9.17, 15) is 13.2 Å². The number of benzene rings is 2. The van der Waals surface area contributed by atoms with Gasteiger partial charge in [-0.2, -0.15) is 4.31 Å². The molecule has 1 aliphatic rings. The fourth-order valence-electron chi connectivity index (χ4n) is 3.06. The van der Waals surface area contributed by atoms with Crippen molar-refractivity contribution in [2.24, 2.45) is 5.92 Å². The number of hydrogen-bond donors (Lipinski definition) is 1. The number of nitrogens with zero attached hydrogens (tertiary/aromatic N) is 1. The monoisotopic (exact) mass is 392 g/mol. The Morgan fingerprint density at radius 3 is 2.58 bits per heavy atom. The van der Waals surface area contributed by atoms with E-state index in [-0.39, 0.29) is 10.8 Å². The maximum absolute atomic E-state index is 12.7. The molecule has 1 atom stereocenters. The Morgan fingerprint density at radius 2 is 1.92 bits per heavy atom. The molecule has 0 aliphatic carbocycles. The van der Waals surface area contributed by atoms with Crippen molar-refractivity contribution in [1.82, 2.24) is 4.31 Å². The first-order valence-corrected chi connectivity index (χ1v) is 10.4. The molecule has 0 radical (unpaired) electrons. The zero-order chi connectivity index (χ0) is 18.7. The summed E-state index contributed by atoms with van der Waals surface area (Å²) < 4.78 is 27.0. The molecule has 1 N–H and O–H groups in total. The summed E-state index contributed by atoms with van der Waals surface area (Å²) in [7, 11) is -3.49. The van der Waals surface area contributed by atoms with Gasteiger partial charge in [-0.3, -0.25) is 4.79 Å². The highest BCUT2D eigenvalue weighted by molar-refractivity contribution is 7.89. The van der Waals surface area contributed by atoms with E-state index in [0.29, 0.717) is 35.3 Å². The smallest absolute Gasteiger partial charge is 0.255 e. The van der Waals surface area contributed by atoms with Gasteiger partial charge in [0.2, 0.25) is 10.0 Å². The van der Waals surface area contributed by atoms with Gasteiger partial charge in [-0.1, -0.05) is 24.6 Å². The van der Waals surface area contributed by atoms with Gasteiger partial charge in [-0.05, 0) is 61.2 Å². The van der Waals surface area contributed by atoms with Crippen LogP contribution in [0.4, 0.5) is 5.69 Å². The third-order valence-corrected chi connectivity index (χ3v) is 6.57. The van der Waals surface area contributed by atoms with Crippen molar-refractivity contribution in [3.05, 3.63) is 59.1 Å². The van der Waals surface area contributed by atoms with Crippen LogP contribution in [0.5, 0.6) is 0 Å². The van der Waals surface area contributed by atoms with E-state index < -0.39 is 10.0 Å². The number of carbonyl (C=O) groups is 1. The Labute approximate surface area is 159 Å². The number of piperidine rings is 1. The molecule has 5 nitrogen and oxygen atoms in total. The fraction of sp³-hybridized carbons (Fsp3) is 0.316. The van der Waals surface area contributed by atoms with Gasteiger partial charge >= 0.3 is 0 Å². The van der Waals surface area contributed by atoms with Gasteiger partial charge in [0.1, 0.15) is 0 Å². The van der Waals surface area contributed by atoms with Crippen LogP contribution in [0.1, 0.15) is 30.1 Å². The van der Waals surface area contributed by atoms with Crippen molar-refractivity contribution < 1.29 is 13.2 Å². The molecular weight excluding hydrogens is 372 g/mol. The normalized spacial score (nSPS) is 18.5. The van der Waals surface area contributed by atoms with Crippen molar-refractivity contribution in [3.8, 4) is 0 Å². The fourth-order valence-corrected chi connectivity index (χ4v) is 4.85. The second-order valence-corrected chi connectivity index (χ2v) is 8.97. The lowest BCUT2D eigenvalue weighted by molar-refractivity contribution is 0.102. The SMILES string of the molecule is C[C@@H]1CCCN(S(=O)(=O)c2ccc(NC(=O)c3cccc(Cl)c3)cc2)C1. The van der Waals surface area contributed by atoms with Crippen LogP contribution in [0.3, 0.4) is 0 Å². The molecule has 0 bridgehead atoms. The molecule has 138 valence electrons. The Morgan fingerprint density at radius 1 is 1.19 bits per heavy atom. The van der Waals surface area contributed by atoms with Crippen LogP contribution in [0.2, 0.25) is 5.02 Å². The van der Waals surface area contributed by atoms with Crippen molar-refractivity contribution in [2.75, 3.05) is 18.4 Å².